The molecule has 6 rings (SSSR count). The minimum atomic E-state index is -0.772. The van der Waals surface area contributed by atoms with Crippen molar-refractivity contribution in [2.45, 2.75) is 79.2 Å². The number of carbonyl (C=O) groups excluding carboxylic acids is 3. The first-order valence-corrected chi connectivity index (χ1v) is 21.9. The number of esters is 1. The van der Waals surface area contributed by atoms with Gasteiger partial charge < -0.3 is 9.47 Å². The third kappa shape index (κ3) is 11.1. The van der Waals surface area contributed by atoms with Gasteiger partial charge in [-0.25, -0.2) is 0 Å². The molecule has 3 aromatic carbocycles. The monoisotopic (exact) mass is 842 g/mol. The zero-order valence-corrected chi connectivity index (χ0v) is 37.9. The number of rotatable bonds is 16. The first-order valence-electron chi connectivity index (χ1n) is 21.9. The molecule has 3 aliphatic rings. The van der Waals surface area contributed by atoms with Crippen LogP contribution >= 0.6 is 0 Å². The molecule has 5 unspecified atom stereocenters. The lowest BCUT2D eigenvalue weighted by Gasteiger charge is -2.40. The predicted molar refractivity (Wildman–Crippen MR) is 257 cm³/mol. The highest BCUT2D eigenvalue weighted by Gasteiger charge is 2.47. The van der Waals surface area contributed by atoms with Gasteiger partial charge in [-0.1, -0.05) is 157 Å². The zero-order valence-electron chi connectivity index (χ0n) is 37.9. The number of allylic oxidation sites excluding steroid dienone is 10. The lowest BCUT2D eigenvalue weighted by Crippen LogP contribution is -2.41. The fraction of sp³-hybridized carbons (Fsp3) is 0.339. The Morgan fingerprint density at radius 1 is 0.873 bits per heavy atom. The maximum Gasteiger partial charge on any atom is 0.315 e. The van der Waals surface area contributed by atoms with E-state index in [-0.39, 0.29) is 35.4 Å². The Morgan fingerprint density at radius 3 is 2.21 bits per heavy atom. The second-order valence-electron chi connectivity index (χ2n) is 18.5. The zero-order chi connectivity index (χ0) is 45.5. The van der Waals surface area contributed by atoms with Crippen molar-refractivity contribution < 1.29 is 23.9 Å². The van der Waals surface area contributed by atoms with Crippen LogP contribution in [0.2, 0.25) is 0 Å². The van der Waals surface area contributed by atoms with E-state index in [2.05, 4.69) is 71.4 Å². The second-order valence-corrected chi connectivity index (χ2v) is 18.5. The Bertz CT molecular complexity index is 2430. The normalized spacial score (nSPS) is 23.3. The summed E-state index contributed by atoms with van der Waals surface area (Å²) in [6, 6.07) is 25.7. The van der Waals surface area contributed by atoms with Gasteiger partial charge in [-0.05, 0) is 88.5 Å². The average Bonchev–Trinajstić information content (AvgIpc) is 3.25. The first kappa shape index (κ1) is 46.3. The maximum absolute atomic E-state index is 14.6. The fourth-order valence-corrected chi connectivity index (χ4v) is 9.26. The van der Waals surface area contributed by atoms with Crippen LogP contribution < -0.4 is 4.74 Å². The number of methoxy groups -OCH3 is 1. The molecule has 63 heavy (non-hydrogen) atoms. The minimum absolute atomic E-state index is 0.0134. The van der Waals surface area contributed by atoms with Crippen molar-refractivity contribution in [2.24, 2.45) is 38.6 Å². The third-order valence-corrected chi connectivity index (χ3v) is 12.8. The summed E-state index contributed by atoms with van der Waals surface area (Å²) in [4.78, 5) is 52.9. The van der Waals surface area contributed by atoms with E-state index >= 15 is 0 Å². The van der Waals surface area contributed by atoms with E-state index in [1.54, 1.807) is 13.2 Å². The summed E-state index contributed by atoms with van der Waals surface area (Å²) < 4.78 is 11.3. The molecule has 1 saturated carbocycles. The van der Waals surface area contributed by atoms with Crippen molar-refractivity contribution in [2.75, 3.05) is 13.7 Å². The van der Waals surface area contributed by atoms with Crippen molar-refractivity contribution in [3.8, 4) is 16.9 Å². The molecule has 0 bridgehead atoms. The molecule has 0 saturated heterocycles. The van der Waals surface area contributed by atoms with E-state index in [0.717, 1.165) is 56.1 Å². The van der Waals surface area contributed by atoms with Gasteiger partial charge in [0.25, 0.3) is 0 Å². The van der Waals surface area contributed by atoms with Gasteiger partial charge in [-0.2, -0.15) is 0 Å². The van der Waals surface area contributed by atoms with Gasteiger partial charge in [0.1, 0.15) is 24.1 Å². The van der Waals surface area contributed by atoms with Crippen LogP contribution in [-0.2, 0) is 25.7 Å². The first-order chi connectivity index (χ1) is 30.0. The van der Waals surface area contributed by atoms with Gasteiger partial charge in [-0.15, -0.1) is 0 Å². The molecule has 5 atom stereocenters. The lowest BCUT2D eigenvalue weighted by molar-refractivity contribution is -0.148. The molecule has 0 N–H and O–H groups in total. The highest BCUT2D eigenvalue weighted by molar-refractivity contribution is 6.09. The summed E-state index contributed by atoms with van der Waals surface area (Å²) >= 11 is 0. The van der Waals surface area contributed by atoms with Crippen molar-refractivity contribution in [3.63, 3.8) is 0 Å². The molecule has 1 heterocycles. The summed E-state index contributed by atoms with van der Waals surface area (Å²) in [6.45, 7) is 27.1. The van der Waals surface area contributed by atoms with Gasteiger partial charge in [0.2, 0.25) is 0 Å². The van der Waals surface area contributed by atoms with Crippen LogP contribution in [0.5, 0.6) is 5.75 Å². The quantitative estimate of drug-likeness (QED) is 0.106. The molecule has 0 spiro atoms. The minimum Gasteiger partial charge on any atom is -0.497 e. The van der Waals surface area contributed by atoms with Gasteiger partial charge in [-0.3, -0.25) is 24.4 Å². The van der Waals surface area contributed by atoms with Crippen molar-refractivity contribution in [3.05, 3.63) is 175 Å². The van der Waals surface area contributed by atoms with Crippen LogP contribution in [0.15, 0.2) is 174 Å². The average molecular weight is 843 g/mol. The second kappa shape index (κ2) is 19.9. The van der Waals surface area contributed by atoms with Crippen LogP contribution in [0, 0.1) is 28.6 Å². The standard InChI is InChI=1S/C56H62N2O5/c1-11-12-16-36(2)37(3)19-20-38(4)39(5)50-46(31-55(7,8)33-48(50)59)57-30-29-56(9)32-47-53(49(60)34-56)52(44-25-23-43(24-26-44)42-17-14-13-15-18-42)51(40(6)58-47)54(61)63-35-41-21-27-45(62-10)28-22-41/h11-28,39,50-52H,1-4,29-35H2,5-10H3. The number of nitrogens with zero attached hydrogens (tertiary/aromatic N) is 2. The van der Waals surface area contributed by atoms with Gasteiger partial charge in [0, 0.05) is 48.0 Å². The molecule has 0 radical (unpaired) electrons. The number of hydrogen-bond donors (Lipinski definition) is 0. The van der Waals surface area contributed by atoms with Crippen LogP contribution in [0.4, 0.5) is 0 Å². The molecule has 7 heteroatoms. The smallest absolute Gasteiger partial charge is 0.315 e. The lowest BCUT2D eigenvalue weighted by atomic mass is 9.65. The Kier molecular flexibility index (Phi) is 14.6. The van der Waals surface area contributed by atoms with Gasteiger partial charge >= 0.3 is 5.97 Å². The van der Waals surface area contributed by atoms with Crippen molar-refractivity contribution in [1.29, 1.82) is 0 Å². The van der Waals surface area contributed by atoms with E-state index < -0.39 is 23.2 Å². The third-order valence-electron chi connectivity index (χ3n) is 12.8. The number of ketones is 2. The molecule has 2 aliphatic carbocycles. The molecular formula is C56H62N2O5. The van der Waals surface area contributed by atoms with Gasteiger partial charge in [0.15, 0.2) is 5.78 Å². The van der Waals surface area contributed by atoms with Crippen LogP contribution in [0.1, 0.15) is 83.8 Å². The van der Waals surface area contributed by atoms with E-state index in [0.29, 0.717) is 49.9 Å². The van der Waals surface area contributed by atoms with Crippen LogP contribution in [0.3, 0.4) is 0 Å². The molecule has 0 amide bonds. The summed E-state index contributed by atoms with van der Waals surface area (Å²) in [5, 5.41) is 0. The van der Waals surface area contributed by atoms with E-state index in [1.165, 1.54) is 0 Å². The SMILES string of the molecule is C=CC=CC(=C)C(=C)C=CC(=C)C(C)C1C(=O)CC(C)(C)CC1=NCCC1(C)CC(=O)C2=C(C1)N=C(C)C(C(=O)OCc1ccc(OC)cc1)C2c1ccc(-c2ccccc2)cc1. The number of ether oxygens (including phenoxy) is 2. The van der Waals surface area contributed by atoms with E-state index in [9.17, 15) is 14.4 Å². The predicted octanol–water partition coefficient (Wildman–Crippen LogP) is 12.3. The molecule has 1 fully saturated rings. The Labute approximate surface area is 374 Å². The number of hydrogen-bond acceptors (Lipinski definition) is 7. The van der Waals surface area contributed by atoms with Crippen LogP contribution in [0.25, 0.3) is 11.1 Å². The van der Waals surface area contributed by atoms with Crippen LogP contribution in [-0.4, -0.2) is 42.6 Å². The van der Waals surface area contributed by atoms with E-state index in [4.69, 9.17) is 19.5 Å². The number of carbonyl (C=O) groups is 3. The Hall–Kier alpha value is -6.21. The Morgan fingerprint density at radius 2 is 1.54 bits per heavy atom. The highest BCUT2D eigenvalue weighted by atomic mass is 16.5. The molecule has 0 aromatic heterocycles. The highest BCUT2D eigenvalue weighted by Crippen LogP contribution is 2.50. The number of aliphatic imine (C=N–C) groups is 2. The van der Waals surface area contributed by atoms with Gasteiger partial charge in [0.05, 0.1) is 13.0 Å². The number of benzene rings is 3. The maximum atomic E-state index is 14.6. The summed E-state index contributed by atoms with van der Waals surface area (Å²) in [5.74, 6) is -1.42. The molecule has 7 nitrogen and oxygen atoms in total. The van der Waals surface area contributed by atoms with Crippen molar-refractivity contribution in [1.82, 2.24) is 0 Å². The summed E-state index contributed by atoms with van der Waals surface area (Å²) in [6.07, 6.45) is 11.8. The molecule has 326 valence electrons. The fourth-order valence-electron chi connectivity index (χ4n) is 9.26. The topological polar surface area (TPSA) is 94.4 Å². The molecule has 1 aliphatic heterocycles. The van der Waals surface area contributed by atoms with Crippen molar-refractivity contribution >= 4 is 29.0 Å². The summed E-state index contributed by atoms with van der Waals surface area (Å²) in [5.41, 5.74) is 8.35. The molecule has 3 aromatic rings. The number of Topliss-reactive ketones (excluding diaryl/α,β-unsaturated/α-hetero) is 2. The van der Waals surface area contributed by atoms with E-state index in [1.807, 2.05) is 92.7 Å². The summed E-state index contributed by atoms with van der Waals surface area (Å²) in [7, 11) is 1.61. The largest absolute Gasteiger partial charge is 0.497 e. The molecular weight excluding hydrogens is 781 g/mol. The Balaban J connectivity index is 1.25.